The lowest BCUT2D eigenvalue weighted by Gasteiger charge is -2.26. The molecule has 0 aliphatic rings. The van der Waals surface area contributed by atoms with Crippen LogP contribution >= 0.6 is 0 Å². The minimum Gasteiger partial charge on any atom is -0.463 e. The summed E-state index contributed by atoms with van der Waals surface area (Å²) in [6.45, 7) is 3.84. The van der Waals surface area contributed by atoms with E-state index in [1.54, 1.807) is 38.3 Å². The van der Waals surface area contributed by atoms with E-state index >= 15 is 0 Å². The first-order chi connectivity index (χ1) is 16.0. The summed E-state index contributed by atoms with van der Waals surface area (Å²) in [6, 6.07) is 27.0. The highest BCUT2D eigenvalue weighted by Crippen LogP contribution is 2.27. The van der Waals surface area contributed by atoms with Gasteiger partial charge in [0.05, 0.1) is 6.26 Å². The van der Waals surface area contributed by atoms with Gasteiger partial charge in [0.15, 0.2) is 5.76 Å². The molecule has 2 aromatic heterocycles. The summed E-state index contributed by atoms with van der Waals surface area (Å²) in [5.41, 5.74) is 1.36. The molecule has 4 rings (SSSR count). The average molecular weight is 442 g/mol. The van der Waals surface area contributed by atoms with Crippen molar-refractivity contribution in [3.8, 4) is 11.5 Å². The summed E-state index contributed by atoms with van der Waals surface area (Å²) in [5.74, 6) is 0.418. The van der Waals surface area contributed by atoms with Crippen LogP contribution in [0.1, 0.15) is 37.3 Å². The molecule has 0 aliphatic heterocycles. The molecule has 2 heterocycles. The molecule has 1 N–H and O–H groups in total. The second kappa shape index (κ2) is 9.69. The fourth-order valence-electron chi connectivity index (χ4n) is 3.91. The highest BCUT2D eigenvalue weighted by Gasteiger charge is 2.32. The number of nitrogens with zero attached hydrogens (tertiary/aromatic N) is 2. The maximum atomic E-state index is 13.1. The Morgan fingerprint density at radius 2 is 1.58 bits per heavy atom. The highest BCUT2D eigenvalue weighted by atomic mass is 16.3. The van der Waals surface area contributed by atoms with Gasteiger partial charge in [-0.15, -0.1) is 0 Å². The zero-order valence-corrected chi connectivity index (χ0v) is 18.8. The van der Waals surface area contributed by atoms with Crippen LogP contribution in [-0.2, 0) is 10.3 Å². The van der Waals surface area contributed by atoms with Crippen LogP contribution in [0.25, 0.3) is 11.5 Å². The number of benzene rings is 2. The van der Waals surface area contributed by atoms with Gasteiger partial charge in [-0.2, -0.15) is 5.10 Å². The molecule has 0 spiro atoms. The number of carbonyl (C=O) groups is 1. The van der Waals surface area contributed by atoms with Crippen LogP contribution in [0.5, 0.6) is 0 Å². The van der Waals surface area contributed by atoms with E-state index in [1.807, 2.05) is 36.4 Å². The second-order valence-corrected chi connectivity index (χ2v) is 8.42. The molecule has 0 atom stereocenters. The van der Waals surface area contributed by atoms with Crippen molar-refractivity contribution >= 4 is 5.91 Å². The number of amides is 1. The lowest BCUT2D eigenvalue weighted by Crippen LogP contribution is -2.50. The molecule has 33 heavy (non-hydrogen) atoms. The van der Waals surface area contributed by atoms with Gasteiger partial charge in [-0.1, -0.05) is 60.7 Å². The Kier molecular flexibility index (Phi) is 6.54. The molecule has 2 aromatic carbocycles. The zero-order chi connectivity index (χ0) is 23.3. The number of furan rings is 1. The third kappa shape index (κ3) is 4.95. The van der Waals surface area contributed by atoms with E-state index in [4.69, 9.17) is 4.42 Å². The average Bonchev–Trinajstić information content (AvgIpc) is 3.38. The Hall–Kier alpha value is -3.93. The zero-order valence-electron chi connectivity index (χ0n) is 18.8. The standard InChI is InChI=1S/C27H27N3O3/c1-27(2,30-25(31)16-15-23(29-30)24-14-9-19-33-24)26(32)28-18-17-22(20-10-5-3-6-11-20)21-12-7-4-8-13-21/h3-16,19,22H,17-18H2,1-2H3,(H,28,32). The Morgan fingerprint density at radius 3 is 2.15 bits per heavy atom. The van der Waals surface area contributed by atoms with Gasteiger partial charge >= 0.3 is 0 Å². The monoisotopic (exact) mass is 441 g/mol. The topological polar surface area (TPSA) is 77.1 Å². The normalized spacial score (nSPS) is 11.5. The molecule has 6 nitrogen and oxygen atoms in total. The van der Waals surface area contributed by atoms with Crippen molar-refractivity contribution < 1.29 is 9.21 Å². The van der Waals surface area contributed by atoms with Crippen LogP contribution in [0.4, 0.5) is 0 Å². The Balaban J connectivity index is 1.50. The number of nitrogens with one attached hydrogen (secondary N) is 1. The molecule has 168 valence electrons. The number of carbonyl (C=O) groups excluding carboxylic acids is 1. The summed E-state index contributed by atoms with van der Waals surface area (Å²) in [6.07, 6.45) is 2.27. The number of rotatable bonds is 8. The maximum absolute atomic E-state index is 13.1. The molecule has 0 unspecified atom stereocenters. The van der Waals surface area contributed by atoms with Crippen LogP contribution in [-0.4, -0.2) is 22.2 Å². The summed E-state index contributed by atoms with van der Waals surface area (Å²) < 4.78 is 6.60. The van der Waals surface area contributed by atoms with Gasteiger partial charge in [-0.3, -0.25) is 9.59 Å². The number of hydrogen-bond donors (Lipinski definition) is 1. The van der Waals surface area contributed by atoms with E-state index in [2.05, 4.69) is 34.7 Å². The van der Waals surface area contributed by atoms with Gasteiger partial charge in [-0.05, 0) is 49.6 Å². The largest absolute Gasteiger partial charge is 0.463 e. The van der Waals surface area contributed by atoms with Crippen LogP contribution in [0.3, 0.4) is 0 Å². The van der Waals surface area contributed by atoms with Crippen molar-refractivity contribution in [2.75, 3.05) is 6.54 Å². The smallest absolute Gasteiger partial charge is 0.267 e. The minimum atomic E-state index is -1.17. The molecule has 0 fully saturated rings. The van der Waals surface area contributed by atoms with Crippen molar-refractivity contribution in [3.05, 3.63) is 113 Å². The van der Waals surface area contributed by atoms with Crippen molar-refractivity contribution in [1.82, 2.24) is 15.1 Å². The van der Waals surface area contributed by atoms with Crippen LogP contribution in [0.15, 0.2) is 100 Å². The van der Waals surface area contributed by atoms with E-state index in [0.717, 1.165) is 6.42 Å². The summed E-state index contributed by atoms with van der Waals surface area (Å²) >= 11 is 0. The van der Waals surface area contributed by atoms with E-state index < -0.39 is 5.54 Å². The SMILES string of the molecule is CC(C)(C(=O)NCCC(c1ccccc1)c1ccccc1)n1nc(-c2ccco2)ccc1=O. The first-order valence-corrected chi connectivity index (χ1v) is 11.0. The number of aromatic nitrogens is 2. The third-order valence-electron chi connectivity index (χ3n) is 5.78. The van der Waals surface area contributed by atoms with Gasteiger partial charge in [0.1, 0.15) is 11.2 Å². The Labute approximate surface area is 192 Å². The fraction of sp³-hybridized carbons (Fsp3) is 0.222. The molecule has 0 saturated carbocycles. The Bertz CT molecular complexity index is 1210. The second-order valence-electron chi connectivity index (χ2n) is 8.42. The van der Waals surface area contributed by atoms with Crippen molar-refractivity contribution in [3.63, 3.8) is 0 Å². The quantitative estimate of drug-likeness (QED) is 0.434. The molecule has 0 bridgehead atoms. The van der Waals surface area contributed by atoms with Crippen LogP contribution < -0.4 is 10.9 Å². The molecule has 4 aromatic rings. The Morgan fingerprint density at radius 1 is 0.939 bits per heavy atom. The van der Waals surface area contributed by atoms with Crippen molar-refractivity contribution in [2.24, 2.45) is 0 Å². The van der Waals surface area contributed by atoms with E-state index in [-0.39, 0.29) is 17.4 Å². The van der Waals surface area contributed by atoms with Gasteiger partial charge < -0.3 is 9.73 Å². The first kappa shape index (κ1) is 22.3. The molecule has 0 saturated heterocycles. The van der Waals surface area contributed by atoms with E-state index in [0.29, 0.717) is 18.0 Å². The molecular formula is C27H27N3O3. The predicted octanol–water partition coefficient (Wildman–Crippen LogP) is 4.58. The van der Waals surface area contributed by atoms with Crippen LogP contribution in [0, 0.1) is 0 Å². The van der Waals surface area contributed by atoms with E-state index in [1.165, 1.54) is 21.9 Å². The third-order valence-corrected chi connectivity index (χ3v) is 5.78. The molecule has 0 aliphatic carbocycles. The summed E-state index contributed by atoms with van der Waals surface area (Å²) in [5, 5.41) is 7.41. The van der Waals surface area contributed by atoms with Crippen molar-refractivity contribution in [1.29, 1.82) is 0 Å². The number of hydrogen-bond acceptors (Lipinski definition) is 4. The lowest BCUT2D eigenvalue weighted by atomic mass is 9.88. The molecule has 1 amide bonds. The summed E-state index contributed by atoms with van der Waals surface area (Å²) in [4.78, 5) is 25.7. The highest BCUT2D eigenvalue weighted by molar-refractivity contribution is 5.83. The van der Waals surface area contributed by atoms with Crippen LogP contribution in [0.2, 0.25) is 0 Å². The first-order valence-electron chi connectivity index (χ1n) is 11.0. The molecule has 0 radical (unpaired) electrons. The van der Waals surface area contributed by atoms with Gasteiger partial charge in [0, 0.05) is 18.5 Å². The maximum Gasteiger partial charge on any atom is 0.267 e. The van der Waals surface area contributed by atoms with Crippen molar-refractivity contribution in [2.45, 2.75) is 31.7 Å². The van der Waals surface area contributed by atoms with Gasteiger partial charge in [0.25, 0.3) is 5.56 Å². The molecular weight excluding hydrogens is 414 g/mol. The van der Waals surface area contributed by atoms with E-state index in [9.17, 15) is 9.59 Å². The predicted molar refractivity (Wildman–Crippen MR) is 128 cm³/mol. The van der Waals surface area contributed by atoms with Gasteiger partial charge in [-0.25, -0.2) is 4.68 Å². The minimum absolute atomic E-state index is 0.152. The lowest BCUT2D eigenvalue weighted by molar-refractivity contribution is -0.129. The van der Waals surface area contributed by atoms with Gasteiger partial charge in [0.2, 0.25) is 5.91 Å². The molecule has 6 heteroatoms. The summed E-state index contributed by atoms with van der Waals surface area (Å²) in [7, 11) is 0. The fourth-order valence-corrected chi connectivity index (χ4v) is 3.91.